The molecule has 0 N–H and O–H groups in total. The average molecular weight is 407 g/mol. The predicted molar refractivity (Wildman–Crippen MR) is 127 cm³/mol. The number of rotatable bonds is 7. The monoisotopic (exact) mass is 406 g/mol. The minimum Gasteiger partial charge on any atom is -0.379 e. The standard InChI is InChI=1S/C29H26O2/c1-2-10-24-21(7-1)17-29-26(24)13-5-15-28(29)27-14-4-11-23-20(8-3-12-25(23)27)9-6-16-30-18-22-19-31-22/h1-5,7-8,10-15,22H,6,9,16-19H2. The molecule has 0 amide bonds. The number of aryl methyl sites for hydroxylation is 1. The van der Waals surface area contributed by atoms with Gasteiger partial charge in [-0.05, 0) is 69.0 Å². The summed E-state index contributed by atoms with van der Waals surface area (Å²) in [5.41, 5.74) is 9.77. The molecule has 154 valence electrons. The highest BCUT2D eigenvalue weighted by atomic mass is 16.6. The van der Waals surface area contributed by atoms with Crippen molar-refractivity contribution in [3.63, 3.8) is 0 Å². The number of epoxide rings is 1. The van der Waals surface area contributed by atoms with Crippen LogP contribution in [0, 0.1) is 0 Å². The van der Waals surface area contributed by atoms with E-state index in [0.29, 0.717) is 6.10 Å². The van der Waals surface area contributed by atoms with Crippen LogP contribution in [-0.4, -0.2) is 25.9 Å². The summed E-state index contributed by atoms with van der Waals surface area (Å²) in [7, 11) is 0. The highest BCUT2D eigenvalue weighted by Crippen LogP contribution is 2.43. The van der Waals surface area contributed by atoms with Crippen molar-refractivity contribution in [1.29, 1.82) is 0 Å². The Kier molecular flexibility index (Phi) is 4.82. The van der Waals surface area contributed by atoms with Gasteiger partial charge in [-0.1, -0.05) is 78.9 Å². The number of fused-ring (bicyclic) bond motifs is 4. The zero-order valence-electron chi connectivity index (χ0n) is 17.6. The lowest BCUT2D eigenvalue weighted by molar-refractivity contribution is 0.114. The summed E-state index contributed by atoms with van der Waals surface area (Å²) in [5, 5.41) is 2.70. The van der Waals surface area contributed by atoms with E-state index in [2.05, 4.69) is 78.9 Å². The van der Waals surface area contributed by atoms with Crippen molar-refractivity contribution in [2.45, 2.75) is 25.4 Å². The average Bonchev–Trinajstić information content (AvgIpc) is 3.56. The third-order valence-electron chi connectivity index (χ3n) is 6.59. The smallest absolute Gasteiger partial charge is 0.104 e. The summed E-state index contributed by atoms with van der Waals surface area (Å²) in [4.78, 5) is 0. The SMILES string of the molecule is c1ccc2c(c1)Cc1c-2cccc1-c1cccc2c(CCCOCC3CO3)cccc12. The van der Waals surface area contributed by atoms with Crippen LogP contribution in [0.2, 0.25) is 0 Å². The van der Waals surface area contributed by atoms with Gasteiger partial charge in [0.2, 0.25) is 0 Å². The molecule has 0 aromatic heterocycles. The Balaban J connectivity index is 1.33. The van der Waals surface area contributed by atoms with Gasteiger partial charge in [0.05, 0.1) is 13.2 Å². The summed E-state index contributed by atoms with van der Waals surface area (Å²) in [6, 6.07) is 29.1. The Morgan fingerprint density at radius 1 is 0.742 bits per heavy atom. The molecular weight excluding hydrogens is 380 g/mol. The van der Waals surface area contributed by atoms with Crippen molar-refractivity contribution in [2.75, 3.05) is 19.8 Å². The van der Waals surface area contributed by atoms with Crippen molar-refractivity contribution in [3.8, 4) is 22.3 Å². The number of ether oxygens (including phenoxy) is 2. The molecule has 2 nitrogen and oxygen atoms in total. The summed E-state index contributed by atoms with van der Waals surface area (Å²) in [6.07, 6.45) is 3.43. The van der Waals surface area contributed by atoms with Gasteiger partial charge in [-0.2, -0.15) is 0 Å². The highest BCUT2D eigenvalue weighted by Gasteiger charge is 2.23. The minimum atomic E-state index is 0.346. The summed E-state index contributed by atoms with van der Waals surface area (Å²) >= 11 is 0. The topological polar surface area (TPSA) is 21.8 Å². The lowest BCUT2D eigenvalue weighted by Gasteiger charge is -2.14. The molecule has 1 aliphatic carbocycles. The second-order valence-electron chi connectivity index (χ2n) is 8.62. The number of hydrogen-bond donors (Lipinski definition) is 0. The van der Waals surface area contributed by atoms with Crippen molar-refractivity contribution in [3.05, 3.63) is 95.6 Å². The van der Waals surface area contributed by atoms with Crippen molar-refractivity contribution < 1.29 is 9.47 Å². The fourth-order valence-corrected chi connectivity index (χ4v) is 4.98. The van der Waals surface area contributed by atoms with Crippen LogP contribution in [0.4, 0.5) is 0 Å². The van der Waals surface area contributed by atoms with E-state index < -0.39 is 0 Å². The maximum Gasteiger partial charge on any atom is 0.104 e. The Morgan fingerprint density at radius 2 is 1.45 bits per heavy atom. The first-order valence-corrected chi connectivity index (χ1v) is 11.3. The first kappa shape index (κ1) is 18.8. The van der Waals surface area contributed by atoms with E-state index in [1.54, 1.807) is 0 Å². The molecule has 1 fully saturated rings. The van der Waals surface area contributed by atoms with Crippen molar-refractivity contribution in [2.24, 2.45) is 0 Å². The van der Waals surface area contributed by atoms with Crippen LogP contribution in [0.1, 0.15) is 23.1 Å². The van der Waals surface area contributed by atoms with Gasteiger partial charge >= 0.3 is 0 Å². The largest absolute Gasteiger partial charge is 0.379 e. The predicted octanol–water partition coefficient (Wildman–Crippen LogP) is 6.43. The molecule has 6 rings (SSSR count). The van der Waals surface area contributed by atoms with E-state index in [0.717, 1.165) is 39.1 Å². The highest BCUT2D eigenvalue weighted by molar-refractivity contribution is 6.00. The molecule has 31 heavy (non-hydrogen) atoms. The van der Waals surface area contributed by atoms with E-state index in [1.165, 1.54) is 49.7 Å². The Morgan fingerprint density at radius 3 is 2.35 bits per heavy atom. The first-order chi connectivity index (χ1) is 15.4. The molecule has 4 aromatic carbocycles. The Hall–Kier alpha value is -2.94. The molecule has 1 heterocycles. The fourth-order valence-electron chi connectivity index (χ4n) is 4.98. The normalized spacial score (nSPS) is 16.3. The van der Waals surface area contributed by atoms with Gasteiger partial charge < -0.3 is 9.47 Å². The number of hydrogen-bond acceptors (Lipinski definition) is 2. The molecule has 4 aromatic rings. The lowest BCUT2D eigenvalue weighted by Crippen LogP contribution is -2.03. The fraction of sp³-hybridized carbons (Fsp3) is 0.241. The molecule has 0 spiro atoms. The second kappa shape index (κ2) is 7.96. The molecule has 1 aliphatic heterocycles. The minimum absolute atomic E-state index is 0.346. The van der Waals surface area contributed by atoms with E-state index in [9.17, 15) is 0 Å². The molecule has 0 saturated carbocycles. The van der Waals surface area contributed by atoms with E-state index in [1.807, 2.05) is 0 Å². The molecule has 2 heteroatoms. The van der Waals surface area contributed by atoms with Crippen LogP contribution in [0.5, 0.6) is 0 Å². The summed E-state index contributed by atoms with van der Waals surface area (Å²) < 4.78 is 11.0. The molecule has 0 bridgehead atoms. The van der Waals surface area contributed by atoms with Crippen LogP contribution in [0.15, 0.2) is 78.9 Å². The van der Waals surface area contributed by atoms with Gasteiger partial charge in [-0.3, -0.25) is 0 Å². The van der Waals surface area contributed by atoms with Crippen LogP contribution < -0.4 is 0 Å². The molecular formula is C29H26O2. The third-order valence-corrected chi connectivity index (χ3v) is 6.59. The zero-order valence-corrected chi connectivity index (χ0v) is 17.6. The van der Waals surface area contributed by atoms with Gasteiger partial charge in [-0.25, -0.2) is 0 Å². The Bertz CT molecular complexity index is 1250. The maximum atomic E-state index is 5.74. The van der Waals surface area contributed by atoms with Gasteiger partial charge in [-0.15, -0.1) is 0 Å². The third kappa shape index (κ3) is 3.56. The van der Waals surface area contributed by atoms with Crippen molar-refractivity contribution in [1.82, 2.24) is 0 Å². The quantitative estimate of drug-likeness (QED) is 0.230. The van der Waals surface area contributed by atoms with Crippen molar-refractivity contribution >= 4 is 10.8 Å². The Labute approximate surface area is 183 Å². The second-order valence-corrected chi connectivity index (χ2v) is 8.62. The maximum absolute atomic E-state index is 5.74. The van der Waals surface area contributed by atoms with Gasteiger partial charge in [0.15, 0.2) is 0 Å². The molecule has 1 saturated heterocycles. The van der Waals surface area contributed by atoms with E-state index in [4.69, 9.17) is 9.47 Å². The van der Waals surface area contributed by atoms with Crippen LogP contribution in [0.25, 0.3) is 33.0 Å². The molecule has 1 atom stereocenters. The zero-order chi connectivity index (χ0) is 20.6. The lowest BCUT2D eigenvalue weighted by atomic mass is 9.90. The molecule has 2 aliphatic rings. The number of benzene rings is 4. The van der Waals surface area contributed by atoms with Gasteiger partial charge in [0, 0.05) is 6.61 Å². The van der Waals surface area contributed by atoms with Gasteiger partial charge in [0.1, 0.15) is 6.10 Å². The van der Waals surface area contributed by atoms with Crippen LogP contribution in [-0.2, 0) is 22.3 Å². The van der Waals surface area contributed by atoms with Crippen LogP contribution in [0.3, 0.4) is 0 Å². The summed E-state index contributed by atoms with van der Waals surface area (Å²) in [5.74, 6) is 0. The van der Waals surface area contributed by atoms with E-state index >= 15 is 0 Å². The van der Waals surface area contributed by atoms with Gasteiger partial charge in [0.25, 0.3) is 0 Å². The summed E-state index contributed by atoms with van der Waals surface area (Å²) in [6.45, 7) is 2.39. The van der Waals surface area contributed by atoms with Crippen LogP contribution >= 0.6 is 0 Å². The molecule has 1 unspecified atom stereocenters. The van der Waals surface area contributed by atoms with E-state index in [-0.39, 0.29) is 0 Å². The molecule has 0 radical (unpaired) electrons. The first-order valence-electron chi connectivity index (χ1n) is 11.3.